The molecule has 1 aromatic heterocycles. The quantitative estimate of drug-likeness (QED) is 0.678. The molecule has 0 saturated carbocycles. The minimum Gasteiger partial charge on any atom is -0.353 e. The van der Waals surface area contributed by atoms with E-state index in [2.05, 4.69) is 20.4 Å². The summed E-state index contributed by atoms with van der Waals surface area (Å²) in [6.45, 7) is 1.54. The maximum atomic E-state index is 12.3. The van der Waals surface area contributed by atoms with Crippen molar-refractivity contribution in [3.63, 3.8) is 0 Å². The Bertz CT molecular complexity index is 720. The van der Waals surface area contributed by atoms with Gasteiger partial charge in [-0.2, -0.15) is 5.10 Å². The van der Waals surface area contributed by atoms with Gasteiger partial charge in [0, 0.05) is 43.0 Å². The fraction of sp³-hybridized carbons (Fsp3) is 0.312. The number of nitro benzene ring substituents is 1. The Kier molecular flexibility index (Phi) is 4.64. The number of rotatable bonds is 4. The molecule has 1 atom stereocenters. The molecule has 0 unspecified atom stereocenters. The van der Waals surface area contributed by atoms with Crippen LogP contribution >= 0.6 is 0 Å². The summed E-state index contributed by atoms with van der Waals surface area (Å²) in [5.41, 5.74) is 0.385. The standard InChI is InChI=1S/C16H17N5O3/c22-16(12-5-7-14(8-6-12)21(23)24)18-13-3-2-10-20(11-13)15-4-1-9-17-19-15/h1,4-9,13H,2-3,10-11H2,(H,18,22)/t13-/m0/s1. The molecule has 0 bridgehead atoms. The van der Waals surface area contributed by atoms with Crippen LogP contribution in [0.2, 0.25) is 0 Å². The number of anilines is 1. The number of non-ortho nitro benzene ring substituents is 1. The van der Waals surface area contributed by atoms with Crippen molar-refractivity contribution in [3.05, 3.63) is 58.3 Å². The third-order valence-electron chi connectivity index (χ3n) is 3.98. The third-order valence-corrected chi connectivity index (χ3v) is 3.98. The van der Waals surface area contributed by atoms with Gasteiger partial charge in [-0.3, -0.25) is 14.9 Å². The Morgan fingerprint density at radius 1 is 1.29 bits per heavy atom. The molecule has 3 rings (SSSR count). The lowest BCUT2D eigenvalue weighted by Gasteiger charge is -2.33. The second kappa shape index (κ2) is 7.03. The SMILES string of the molecule is O=C(N[C@H]1CCCN(c2cccnn2)C1)c1ccc([N+](=O)[O-])cc1. The minimum absolute atomic E-state index is 0.00319. The van der Waals surface area contributed by atoms with Crippen LogP contribution in [-0.2, 0) is 0 Å². The lowest BCUT2D eigenvalue weighted by molar-refractivity contribution is -0.384. The summed E-state index contributed by atoms with van der Waals surface area (Å²) in [6, 6.07) is 9.34. The number of carbonyl (C=O) groups is 1. The Labute approximate surface area is 138 Å². The van der Waals surface area contributed by atoms with Crippen LogP contribution in [0.3, 0.4) is 0 Å². The number of amides is 1. The van der Waals surface area contributed by atoms with Crippen LogP contribution in [0.15, 0.2) is 42.6 Å². The maximum absolute atomic E-state index is 12.3. The molecule has 1 aliphatic heterocycles. The van der Waals surface area contributed by atoms with E-state index in [4.69, 9.17) is 0 Å². The van der Waals surface area contributed by atoms with E-state index in [0.717, 1.165) is 25.2 Å². The van der Waals surface area contributed by atoms with Crippen molar-refractivity contribution >= 4 is 17.4 Å². The van der Waals surface area contributed by atoms with Crippen LogP contribution in [0.5, 0.6) is 0 Å². The summed E-state index contributed by atoms with van der Waals surface area (Å²) in [7, 11) is 0. The second-order valence-corrected chi connectivity index (χ2v) is 5.64. The van der Waals surface area contributed by atoms with Crippen LogP contribution in [0.1, 0.15) is 23.2 Å². The van der Waals surface area contributed by atoms with Crippen molar-refractivity contribution in [2.24, 2.45) is 0 Å². The van der Waals surface area contributed by atoms with E-state index in [1.807, 2.05) is 12.1 Å². The maximum Gasteiger partial charge on any atom is 0.269 e. The van der Waals surface area contributed by atoms with Gasteiger partial charge in [-0.25, -0.2) is 0 Å². The summed E-state index contributed by atoms with van der Waals surface area (Å²) in [6.07, 6.45) is 3.46. The summed E-state index contributed by atoms with van der Waals surface area (Å²) in [5, 5.41) is 21.6. The number of nitrogens with zero attached hydrogens (tertiary/aromatic N) is 4. The van der Waals surface area contributed by atoms with E-state index in [-0.39, 0.29) is 17.6 Å². The first kappa shape index (κ1) is 15.9. The van der Waals surface area contributed by atoms with E-state index in [1.54, 1.807) is 6.20 Å². The molecule has 1 N–H and O–H groups in total. The first-order chi connectivity index (χ1) is 11.6. The van der Waals surface area contributed by atoms with Gasteiger partial charge < -0.3 is 10.2 Å². The van der Waals surface area contributed by atoms with Crippen molar-refractivity contribution in [3.8, 4) is 0 Å². The summed E-state index contributed by atoms with van der Waals surface area (Å²) in [5.74, 6) is 0.572. The molecule has 124 valence electrons. The fourth-order valence-electron chi connectivity index (χ4n) is 2.77. The van der Waals surface area contributed by atoms with Gasteiger partial charge in [0.1, 0.15) is 0 Å². The predicted octanol–water partition coefficient (Wildman–Crippen LogP) is 1.78. The zero-order chi connectivity index (χ0) is 16.9. The van der Waals surface area contributed by atoms with Gasteiger partial charge in [0.05, 0.1) is 4.92 Å². The Morgan fingerprint density at radius 3 is 2.75 bits per heavy atom. The zero-order valence-corrected chi connectivity index (χ0v) is 13.0. The van der Waals surface area contributed by atoms with Gasteiger partial charge >= 0.3 is 0 Å². The first-order valence-corrected chi connectivity index (χ1v) is 7.71. The largest absolute Gasteiger partial charge is 0.353 e. The highest BCUT2D eigenvalue weighted by Crippen LogP contribution is 2.17. The number of benzene rings is 1. The lowest BCUT2D eigenvalue weighted by Crippen LogP contribution is -2.48. The number of hydrogen-bond acceptors (Lipinski definition) is 6. The molecule has 0 radical (unpaired) electrons. The lowest BCUT2D eigenvalue weighted by atomic mass is 10.0. The zero-order valence-electron chi connectivity index (χ0n) is 13.0. The molecule has 24 heavy (non-hydrogen) atoms. The normalized spacial score (nSPS) is 17.3. The number of carbonyl (C=O) groups excluding carboxylic acids is 1. The minimum atomic E-state index is -0.485. The molecule has 1 aliphatic rings. The molecule has 1 fully saturated rings. The summed E-state index contributed by atoms with van der Waals surface area (Å²) in [4.78, 5) is 24.6. The van der Waals surface area contributed by atoms with Crippen molar-refractivity contribution < 1.29 is 9.72 Å². The van der Waals surface area contributed by atoms with E-state index in [9.17, 15) is 14.9 Å². The van der Waals surface area contributed by atoms with E-state index in [1.165, 1.54) is 24.3 Å². The third kappa shape index (κ3) is 3.65. The Morgan fingerprint density at radius 2 is 2.08 bits per heavy atom. The molecule has 0 spiro atoms. The van der Waals surface area contributed by atoms with Crippen molar-refractivity contribution in [2.45, 2.75) is 18.9 Å². The molecular formula is C16H17N5O3. The molecule has 8 nitrogen and oxygen atoms in total. The van der Waals surface area contributed by atoms with E-state index >= 15 is 0 Å². The van der Waals surface area contributed by atoms with E-state index < -0.39 is 4.92 Å². The predicted molar refractivity (Wildman–Crippen MR) is 87.8 cm³/mol. The number of piperidine rings is 1. The van der Waals surface area contributed by atoms with Crippen LogP contribution in [0, 0.1) is 10.1 Å². The molecule has 1 saturated heterocycles. The summed E-state index contributed by atoms with van der Waals surface area (Å²) >= 11 is 0. The van der Waals surface area contributed by atoms with Crippen molar-refractivity contribution in [2.75, 3.05) is 18.0 Å². The van der Waals surface area contributed by atoms with Crippen LogP contribution in [-0.4, -0.2) is 40.2 Å². The fourth-order valence-corrected chi connectivity index (χ4v) is 2.77. The number of hydrogen-bond donors (Lipinski definition) is 1. The Balaban J connectivity index is 1.62. The highest BCUT2D eigenvalue weighted by atomic mass is 16.6. The smallest absolute Gasteiger partial charge is 0.269 e. The highest BCUT2D eigenvalue weighted by Gasteiger charge is 2.23. The number of aromatic nitrogens is 2. The number of nitrogens with one attached hydrogen (secondary N) is 1. The van der Waals surface area contributed by atoms with Crippen LogP contribution < -0.4 is 10.2 Å². The molecular weight excluding hydrogens is 310 g/mol. The summed E-state index contributed by atoms with van der Waals surface area (Å²) < 4.78 is 0. The van der Waals surface area contributed by atoms with Gasteiger partial charge in [0.15, 0.2) is 5.82 Å². The second-order valence-electron chi connectivity index (χ2n) is 5.64. The molecule has 2 heterocycles. The average molecular weight is 327 g/mol. The van der Waals surface area contributed by atoms with Crippen LogP contribution in [0.4, 0.5) is 11.5 Å². The molecule has 1 aromatic carbocycles. The van der Waals surface area contributed by atoms with Gasteiger partial charge in [0.2, 0.25) is 0 Å². The molecule has 8 heteroatoms. The molecule has 0 aliphatic carbocycles. The van der Waals surface area contributed by atoms with Crippen molar-refractivity contribution in [1.29, 1.82) is 0 Å². The molecule has 2 aromatic rings. The van der Waals surface area contributed by atoms with Crippen molar-refractivity contribution in [1.82, 2.24) is 15.5 Å². The first-order valence-electron chi connectivity index (χ1n) is 7.71. The monoisotopic (exact) mass is 327 g/mol. The van der Waals surface area contributed by atoms with Gasteiger partial charge in [-0.05, 0) is 37.1 Å². The average Bonchev–Trinajstić information content (AvgIpc) is 2.63. The molecule has 1 amide bonds. The number of nitro groups is 1. The van der Waals surface area contributed by atoms with Gasteiger partial charge in [-0.15, -0.1) is 5.10 Å². The van der Waals surface area contributed by atoms with E-state index in [0.29, 0.717) is 12.1 Å². The topological polar surface area (TPSA) is 101 Å². The van der Waals surface area contributed by atoms with Gasteiger partial charge in [-0.1, -0.05) is 0 Å². The van der Waals surface area contributed by atoms with Gasteiger partial charge in [0.25, 0.3) is 11.6 Å². The Hall–Kier alpha value is -3.03. The van der Waals surface area contributed by atoms with Crippen LogP contribution in [0.25, 0.3) is 0 Å². The highest BCUT2D eigenvalue weighted by molar-refractivity contribution is 5.94.